The van der Waals surface area contributed by atoms with Crippen LogP contribution in [0.5, 0.6) is 0 Å². The van der Waals surface area contributed by atoms with Crippen molar-refractivity contribution in [3.63, 3.8) is 0 Å². The molecule has 4 nitrogen and oxygen atoms in total. The van der Waals surface area contributed by atoms with Gasteiger partial charge in [-0.1, -0.05) is 20.3 Å². The van der Waals surface area contributed by atoms with E-state index in [1.165, 1.54) is 36.2 Å². The van der Waals surface area contributed by atoms with Gasteiger partial charge in [0.15, 0.2) is 0 Å². The number of hydrogen-bond acceptors (Lipinski definition) is 3. The largest absolute Gasteiger partial charge is 0.314 e. The third kappa shape index (κ3) is 5.24. The Morgan fingerprint density at radius 3 is 2.50 bits per heavy atom. The van der Waals surface area contributed by atoms with Gasteiger partial charge in [0.25, 0.3) is 0 Å². The molecule has 1 N–H and O–H groups in total. The lowest BCUT2D eigenvalue weighted by Crippen LogP contribution is -2.34. The molecule has 0 spiro atoms. The molecule has 1 saturated carbocycles. The first-order valence-electron chi connectivity index (χ1n) is 7.15. The van der Waals surface area contributed by atoms with Crippen LogP contribution in [0.2, 0.25) is 0 Å². The molecule has 0 aromatic heterocycles. The Labute approximate surface area is 112 Å². The summed E-state index contributed by atoms with van der Waals surface area (Å²) in [6.07, 6.45) is 7.39. The maximum absolute atomic E-state index is 11.4. The Kier molecular flexibility index (Phi) is 6.60. The molecule has 0 aliphatic heterocycles. The van der Waals surface area contributed by atoms with Gasteiger partial charge in [-0.25, -0.2) is 12.7 Å². The lowest BCUT2D eigenvalue weighted by Gasteiger charge is -2.18. The highest BCUT2D eigenvalue weighted by Crippen LogP contribution is 2.27. The van der Waals surface area contributed by atoms with Crippen LogP contribution in [0.3, 0.4) is 0 Å². The highest BCUT2D eigenvalue weighted by molar-refractivity contribution is 7.88. The Morgan fingerprint density at radius 1 is 1.28 bits per heavy atom. The summed E-state index contributed by atoms with van der Waals surface area (Å²) in [4.78, 5) is 0. The fourth-order valence-corrected chi connectivity index (χ4v) is 3.68. The second-order valence-electron chi connectivity index (χ2n) is 5.35. The van der Waals surface area contributed by atoms with Gasteiger partial charge < -0.3 is 5.32 Å². The molecule has 0 aromatic carbocycles. The molecule has 0 bridgehead atoms. The fraction of sp³-hybridized carbons (Fsp3) is 1.00. The van der Waals surface area contributed by atoms with Gasteiger partial charge in [-0.2, -0.15) is 0 Å². The smallest absolute Gasteiger partial charge is 0.211 e. The minimum atomic E-state index is -3.02. The van der Waals surface area contributed by atoms with Crippen molar-refractivity contribution in [3.8, 4) is 0 Å². The van der Waals surface area contributed by atoms with Crippen molar-refractivity contribution in [3.05, 3.63) is 0 Å². The maximum Gasteiger partial charge on any atom is 0.211 e. The van der Waals surface area contributed by atoms with E-state index in [1.807, 2.05) is 6.92 Å². The van der Waals surface area contributed by atoms with Crippen molar-refractivity contribution in [2.75, 3.05) is 25.9 Å². The van der Waals surface area contributed by atoms with Crippen molar-refractivity contribution in [2.45, 2.75) is 52.0 Å². The van der Waals surface area contributed by atoms with E-state index in [4.69, 9.17) is 0 Å². The van der Waals surface area contributed by atoms with E-state index in [1.54, 1.807) is 0 Å². The van der Waals surface area contributed by atoms with Crippen molar-refractivity contribution < 1.29 is 8.42 Å². The average Bonchev–Trinajstić information content (AvgIpc) is 2.75. The van der Waals surface area contributed by atoms with Gasteiger partial charge in [0.05, 0.1) is 6.26 Å². The summed E-state index contributed by atoms with van der Waals surface area (Å²) in [5.74, 6) is 0.894. The fourth-order valence-electron chi connectivity index (χ4n) is 2.75. The van der Waals surface area contributed by atoms with E-state index in [0.717, 1.165) is 18.9 Å². The number of sulfonamides is 1. The van der Waals surface area contributed by atoms with Gasteiger partial charge in [0.2, 0.25) is 10.0 Å². The Bertz CT molecular complexity index is 330. The molecular weight excluding hydrogens is 248 g/mol. The predicted octanol–water partition coefficient (Wildman–Crippen LogP) is 1.83. The quantitative estimate of drug-likeness (QED) is 0.688. The summed E-state index contributed by atoms with van der Waals surface area (Å²) in [7, 11) is -3.02. The lowest BCUT2D eigenvalue weighted by atomic mass is 10.1. The molecule has 0 radical (unpaired) electrons. The SMILES string of the molecule is CCC1CCC(NCCCN(CC)S(C)(=O)=O)C1. The van der Waals surface area contributed by atoms with E-state index in [0.29, 0.717) is 19.1 Å². The summed E-state index contributed by atoms with van der Waals surface area (Å²) < 4.78 is 24.3. The van der Waals surface area contributed by atoms with Gasteiger partial charge in [-0.05, 0) is 38.1 Å². The van der Waals surface area contributed by atoms with Crippen LogP contribution in [-0.4, -0.2) is 44.7 Å². The number of nitrogens with zero attached hydrogens (tertiary/aromatic N) is 1. The molecule has 0 aromatic rings. The van der Waals surface area contributed by atoms with Crippen molar-refractivity contribution in [1.29, 1.82) is 0 Å². The van der Waals surface area contributed by atoms with Gasteiger partial charge in [0, 0.05) is 19.1 Å². The summed E-state index contributed by atoms with van der Waals surface area (Å²) in [5.41, 5.74) is 0. The first-order valence-corrected chi connectivity index (χ1v) is 9.00. The molecule has 2 atom stereocenters. The van der Waals surface area contributed by atoms with E-state index in [-0.39, 0.29) is 0 Å². The molecule has 18 heavy (non-hydrogen) atoms. The van der Waals surface area contributed by atoms with E-state index >= 15 is 0 Å². The molecule has 2 unspecified atom stereocenters. The first-order chi connectivity index (χ1) is 8.47. The van der Waals surface area contributed by atoms with Crippen LogP contribution in [0, 0.1) is 5.92 Å². The van der Waals surface area contributed by atoms with Crippen molar-refractivity contribution in [1.82, 2.24) is 9.62 Å². The highest BCUT2D eigenvalue weighted by Gasteiger charge is 2.22. The molecule has 1 rings (SSSR count). The van der Waals surface area contributed by atoms with E-state index in [2.05, 4.69) is 12.2 Å². The van der Waals surface area contributed by atoms with Crippen LogP contribution < -0.4 is 5.32 Å². The van der Waals surface area contributed by atoms with Crippen LogP contribution in [0.4, 0.5) is 0 Å². The Hall–Kier alpha value is -0.130. The number of rotatable bonds is 8. The van der Waals surface area contributed by atoms with Gasteiger partial charge in [-0.3, -0.25) is 0 Å². The maximum atomic E-state index is 11.4. The minimum absolute atomic E-state index is 0.570. The first kappa shape index (κ1) is 15.9. The predicted molar refractivity (Wildman–Crippen MR) is 76.1 cm³/mol. The molecule has 1 fully saturated rings. The molecule has 0 amide bonds. The molecule has 5 heteroatoms. The molecule has 0 heterocycles. The topological polar surface area (TPSA) is 49.4 Å². The van der Waals surface area contributed by atoms with E-state index in [9.17, 15) is 8.42 Å². The zero-order chi connectivity index (χ0) is 13.6. The van der Waals surface area contributed by atoms with Crippen LogP contribution in [-0.2, 0) is 10.0 Å². The zero-order valence-electron chi connectivity index (χ0n) is 12.0. The molecule has 1 aliphatic rings. The molecule has 0 saturated heterocycles. The van der Waals surface area contributed by atoms with Crippen LogP contribution in [0.15, 0.2) is 0 Å². The average molecular weight is 276 g/mol. The van der Waals surface area contributed by atoms with Crippen molar-refractivity contribution in [2.24, 2.45) is 5.92 Å². The van der Waals surface area contributed by atoms with Gasteiger partial charge in [0.1, 0.15) is 0 Å². The summed E-state index contributed by atoms with van der Waals surface area (Å²) in [6, 6.07) is 0.656. The van der Waals surface area contributed by atoms with Gasteiger partial charge >= 0.3 is 0 Å². The molecule has 1 aliphatic carbocycles. The Balaban J connectivity index is 2.15. The third-order valence-electron chi connectivity index (χ3n) is 3.96. The number of hydrogen-bond donors (Lipinski definition) is 1. The zero-order valence-corrected chi connectivity index (χ0v) is 12.8. The van der Waals surface area contributed by atoms with Crippen LogP contribution >= 0.6 is 0 Å². The third-order valence-corrected chi connectivity index (χ3v) is 5.34. The number of nitrogens with one attached hydrogen (secondary N) is 1. The van der Waals surface area contributed by atoms with Gasteiger partial charge in [-0.15, -0.1) is 0 Å². The second-order valence-corrected chi connectivity index (χ2v) is 7.33. The molecule has 108 valence electrons. The highest BCUT2D eigenvalue weighted by atomic mass is 32.2. The molecular formula is C13H28N2O2S. The summed E-state index contributed by atoms with van der Waals surface area (Å²) >= 11 is 0. The normalized spacial score (nSPS) is 24.9. The monoisotopic (exact) mass is 276 g/mol. The van der Waals surface area contributed by atoms with Crippen LogP contribution in [0.1, 0.15) is 46.0 Å². The van der Waals surface area contributed by atoms with E-state index < -0.39 is 10.0 Å². The standard InChI is InChI=1S/C13H28N2O2S/c1-4-12-7-8-13(11-12)14-9-6-10-15(5-2)18(3,16)17/h12-14H,4-11H2,1-3H3. The second kappa shape index (κ2) is 7.46. The minimum Gasteiger partial charge on any atom is -0.314 e. The van der Waals surface area contributed by atoms with Crippen molar-refractivity contribution >= 4 is 10.0 Å². The summed E-state index contributed by atoms with van der Waals surface area (Å²) in [5, 5.41) is 3.56. The Morgan fingerprint density at radius 2 is 2.00 bits per heavy atom. The lowest BCUT2D eigenvalue weighted by molar-refractivity contribution is 0.406. The summed E-state index contributed by atoms with van der Waals surface area (Å²) in [6.45, 7) is 6.27. The van der Waals surface area contributed by atoms with Crippen LogP contribution in [0.25, 0.3) is 0 Å².